The highest BCUT2D eigenvalue weighted by atomic mass is 35.5. The molecule has 2 aromatic carbocycles. The van der Waals surface area contributed by atoms with Gasteiger partial charge in [0.1, 0.15) is 12.4 Å². The van der Waals surface area contributed by atoms with Crippen LogP contribution in [-0.2, 0) is 6.42 Å². The molecule has 128 valence electrons. The highest BCUT2D eigenvalue weighted by Crippen LogP contribution is 2.16. The average Bonchev–Trinajstić information content (AvgIpc) is 2.55. The van der Waals surface area contributed by atoms with E-state index in [1.54, 1.807) is 0 Å². The molecule has 0 fully saturated rings. The van der Waals surface area contributed by atoms with E-state index in [1.807, 2.05) is 49.4 Å². The van der Waals surface area contributed by atoms with E-state index in [2.05, 4.69) is 17.6 Å². The van der Waals surface area contributed by atoms with Crippen LogP contribution in [0.3, 0.4) is 0 Å². The summed E-state index contributed by atoms with van der Waals surface area (Å²) in [5, 5.41) is 6.30. The van der Waals surface area contributed by atoms with Crippen molar-refractivity contribution in [1.29, 1.82) is 0 Å². The molecule has 0 spiro atoms. The number of urea groups is 1. The van der Waals surface area contributed by atoms with Crippen LogP contribution in [0.25, 0.3) is 0 Å². The Morgan fingerprint density at radius 3 is 2.58 bits per heavy atom. The van der Waals surface area contributed by atoms with E-state index in [0.717, 1.165) is 17.7 Å². The van der Waals surface area contributed by atoms with Crippen LogP contribution in [0.1, 0.15) is 16.7 Å². The Labute approximate surface area is 148 Å². The fourth-order valence-corrected chi connectivity index (χ4v) is 2.43. The lowest BCUT2D eigenvalue weighted by molar-refractivity contribution is 0.236. The Bertz CT molecular complexity index is 689. The number of aryl methyl sites for hydroxylation is 2. The molecule has 2 aromatic rings. The molecule has 0 unspecified atom stereocenters. The summed E-state index contributed by atoms with van der Waals surface area (Å²) in [7, 11) is 0. The minimum atomic E-state index is -0.194. The summed E-state index contributed by atoms with van der Waals surface area (Å²) in [5.74, 6) is 0.821. The van der Waals surface area contributed by atoms with Crippen molar-refractivity contribution in [2.45, 2.75) is 20.3 Å². The van der Waals surface area contributed by atoms with Crippen molar-refractivity contribution in [2.75, 3.05) is 19.7 Å². The fourth-order valence-electron chi connectivity index (χ4n) is 2.21. The molecule has 5 heteroatoms. The number of ether oxygens (including phenoxy) is 1. The third-order valence-corrected chi connectivity index (χ3v) is 3.96. The predicted molar refractivity (Wildman–Crippen MR) is 98.0 cm³/mol. The first kappa shape index (κ1) is 18.1. The molecule has 2 N–H and O–H groups in total. The number of carbonyl (C=O) groups excluding carboxylic acids is 1. The first-order chi connectivity index (χ1) is 11.5. The molecule has 0 radical (unpaired) electrons. The molecule has 0 aliphatic heterocycles. The van der Waals surface area contributed by atoms with E-state index in [1.165, 1.54) is 11.1 Å². The Hall–Kier alpha value is -2.20. The Morgan fingerprint density at radius 1 is 1.04 bits per heavy atom. The summed E-state index contributed by atoms with van der Waals surface area (Å²) in [4.78, 5) is 11.7. The molecule has 24 heavy (non-hydrogen) atoms. The molecular weight excluding hydrogens is 324 g/mol. The number of carbonyl (C=O) groups is 1. The second kappa shape index (κ2) is 9.18. The van der Waals surface area contributed by atoms with Gasteiger partial charge < -0.3 is 15.4 Å². The van der Waals surface area contributed by atoms with Crippen molar-refractivity contribution < 1.29 is 9.53 Å². The van der Waals surface area contributed by atoms with Crippen LogP contribution < -0.4 is 15.4 Å². The quantitative estimate of drug-likeness (QED) is 0.747. The van der Waals surface area contributed by atoms with Gasteiger partial charge in [0.2, 0.25) is 0 Å². The van der Waals surface area contributed by atoms with Crippen LogP contribution in [0.15, 0.2) is 42.5 Å². The lowest BCUT2D eigenvalue weighted by atomic mass is 10.1. The van der Waals surface area contributed by atoms with Gasteiger partial charge in [-0.3, -0.25) is 0 Å². The van der Waals surface area contributed by atoms with Crippen LogP contribution in [0.4, 0.5) is 4.79 Å². The predicted octanol–water partition coefficient (Wildman–Crippen LogP) is 3.88. The topological polar surface area (TPSA) is 50.4 Å². The third-order valence-electron chi connectivity index (χ3n) is 3.72. The maximum absolute atomic E-state index is 11.7. The van der Waals surface area contributed by atoms with Gasteiger partial charge in [0.25, 0.3) is 0 Å². The van der Waals surface area contributed by atoms with Crippen LogP contribution in [-0.4, -0.2) is 25.7 Å². The summed E-state index contributed by atoms with van der Waals surface area (Å²) in [6.45, 7) is 5.56. The highest BCUT2D eigenvalue weighted by Gasteiger charge is 2.01. The van der Waals surface area contributed by atoms with Crippen LogP contribution in [0.5, 0.6) is 5.75 Å². The Balaban J connectivity index is 1.60. The van der Waals surface area contributed by atoms with Gasteiger partial charge in [-0.1, -0.05) is 29.8 Å². The monoisotopic (exact) mass is 346 g/mol. The minimum absolute atomic E-state index is 0.194. The maximum atomic E-state index is 11.7. The summed E-state index contributed by atoms with van der Waals surface area (Å²) in [6.07, 6.45) is 0.743. The average molecular weight is 347 g/mol. The van der Waals surface area contributed by atoms with E-state index >= 15 is 0 Å². The summed E-state index contributed by atoms with van der Waals surface area (Å²) in [6, 6.07) is 13.4. The highest BCUT2D eigenvalue weighted by molar-refractivity contribution is 6.30. The molecule has 0 aromatic heterocycles. The molecule has 0 heterocycles. The Morgan fingerprint density at radius 2 is 1.83 bits per heavy atom. The van der Waals surface area contributed by atoms with Crippen molar-refractivity contribution in [1.82, 2.24) is 10.6 Å². The molecule has 4 nitrogen and oxygen atoms in total. The molecule has 0 atom stereocenters. The Kier molecular flexibility index (Phi) is 6.94. The van der Waals surface area contributed by atoms with E-state index in [4.69, 9.17) is 16.3 Å². The summed E-state index contributed by atoms with van der Waals surface area (Å²) >= 11 is 5.93. The maximum Gasteiger partial charge on any atom is 0.314 e. The van der Waals surface area contributed by atoms with Crippen molar-refractivity contribution in [3.63, 3.8) is 0 Å². The SMILES string of the molecule is Cc1ccc(OCCNC(=O)NCCc2cccc(Cl)c2)cc1C. The standard InChI is InChI=1S/C19H23ClN2O2/c1-14-6-7-18(12-15(14)2)24-11-10-22-19(23)21-9-8-16-4-3-5-17(20)13-16/h3-7,12-13H,8-11H2,1-2H3,(H2,21,22,23). The zero-order valence-corrected chi connectivity index (χ0v) is 14.8. The first-order valence-electron chi connectivity index (χ1n) is 8.01. The third kappa shape index (κ3) is 6.13. The summed E-state index contributed by atoms with van der Waals surface area (Å²) < 4.78 is 5.62. The second-order valence-electron chi connectivity index (χ2n) is 5.66. The van der Waals surface area contributed by atoms with Gasteiger partial charge in [-0.2, -0.15) is 0 Å². The molecule has 2 amide bonds. The van der Waals surface area contributed by atoms with Crippen molar-refractivity contribution in [3.05, 3.63) is 64.2 Å². The second-order valence-corrected chi connectivity index (χ2v) is 6.09. The van der Waals surface area contributed by atoms with Crippen LogP contribution in [0, 0.1) is 13.8 Å². The number of rotatable bonds is 7. The number of benzene rings is 2. The zero-order chi connectivity index (χ0) is 17.4. The normalized spacial score (nSPS) is 10.3. The van der Waals surface area contributed by atoms with Crippen molar-refractivity contribution >= 4 is 17.6 Å². The largest absolute Gasteiger partial charge is 0.492 e. The van der Waals surface area contributed by atoms with E-state index < -0.39 is 0 Å². The van der Waals surface area contributed by atoms with Gasteiger partial charge in [-0.15, -0.1) is 0 Å². The number of nitrogens with one attached hydrogen (secondary N) is 2. The van der Waals surface area contributed by atoms with Crippen LogP contribution >= 0.6 is 11.6 Å². The number of hydrogen-bond acceptors (Lipinski definition) is 2. The van der Waals surface area contributed by atoms with Gasteiger partial charge in [-0.05, 0) is 61.2 Å². The number of halogens is 1. The molecule has 0 aliphatic carbocycles. The molecule has 0 aliphatic rings. The van der Waals surface area contributed by atoms with Gasteiger partial charge in [0, 0.05) is 11.6 Å². The lowest BCUT2D eigenvalue weighted by Crippen LogP contribution is -2.38. The van der Waals surface area contributed by atoms with Crippen LogP contribution in [0.2, 0.25) is 5.02 Å². The number of amides is 2. The van der Waals surface area contributed by atoms with E-state index in [0.29, 0.717) is 24.7 Å². The summed E-state index contributed by atoms with van der Waals surface area (Å²) in [5.41, 5.74) is 3.53. The van der Waals surface area contributed by atoms with E-state index in [9.17, 15) is 4.79 Å². The minimum Gasteiger partial charge on any atom is -0.492 e. The fraction of sp³-hybridized carbons (Fsp3) is 0.316. The molecular formula is C19H23ClN2O2. The number of hydrogen-bond donors (Lipinski definition) is 2. The molecule has 2 rings (SSSR count). The van der Waals surface area contributed by atoms with Crippen molar-refractivity contribution in [3.8, 4) is 5.75 Å². The van der Waals surface area contributed by atoms with Gasteiger partial charge in [0.05, 0.1) is 6.54 Å². The lowest BCUT2D eigenvalue weighted by Gasteiger charge is -2.10. The molecule has 0 saturated carbocycles. The van der Waals surface area contributed by atoms with Gasteiger partial charge in [-0.25, -0.2) is 4.79 Å². The molecule has 0 saturated heterocycles. The van der Waals surface area contributed by atoms with E-state index in [-0.39, 0.29) is 6.03 Å². The van der Waals surface area contributed by atoms with Crippen molar-refractivity contribution in [2.24, 2.45) is 0 Å². The smallest absolute Gasteiger partial charge is 0.314 e. The first-order valence-corrected chi connectivity index (χ1v) is 8.38. The zero-order valence-electron chi connectivity index (χ0n) is 14.1. The van der Waals surface area contributed by atoms with Gasteiger partial charge >= 0.3 is 6.03 Å². The molecule has 0 bridgehead atoms. The van der Waals surface area contributed by atoms with Gasteiger partial charge in [0.15, 0.2) is 0 Å².